The Morgan fingerprint density at radius 2 is 1.90 bits per heavy atom. The monoisotopic (exact) mass is 404 g/mol. The largest absolute Gasteiger partial charge is 0.495 e. The smallest absolute Gasteiger partial charge is 0.142 e. The Labute approximate surface area is 182 Å². The maximum atomic E-state index is 5.95. The Morgan fingerprint density at radius 1 is 1.17 bits per heavy atom. The lowest BCUT2D eigenvalue weighted by Gasteiger charge is -2.23. The van der Waals surface area contributed by atoms with E-state index >= 15 is 0 Å². The number of nitrogen functional groups attached to an aromatic ring is 1. The minimum Gasteiger partial charge on any atom is -0.495 e. The molecule has 0 saturated carbocycles. The first-order valence-electron chi connectivity index (χ1n) is 10.7. The maximum absolute atomic E-state index is 5.95. The molecule has 0 aliphatic rings. The summed E-state index contributed by atoms with van der Waals surface area (Å²) in [7, 11) is 1.64. The Balaban J connectivity index is 2.13. The van der Waals surface area contributed by atoms with E-state index in [-0.39, 0.29) is 0 Å². The molecule has 2 aromatic carbocycles. The van der Waals surface area contributed by atoms with Gasteiger partial charge in [-0.3, -0.25) is 0 Å². The minimum atomic E-state index is 0.338. The van der Waals surface area contributed by atoms with E-state index in [1.165, 1.54) is 16.8 Å². The summed E-state index contributed by atoms with van der Waals surface area (Å²) in [6.45, 7) is 10.6. The van der Waals surface area contributed by atoms with Gasteiger partial charge in [0.15, 0.2) is 0 Å². The highest BCUT2D eigenvalue weighted by molar-refractivity contribution is 5.76. The van der Waals surface area contributed by atoms with Crippen molar-refractivity contribution in [2.24, 2.45) is 0 Å². The van der Waals surface area contributed by atoms with E-state index in [9.17, 15) is 0 Å². The highest BCUT2D eigenvalue weighted by Crippen LogP contribution is 2.28. The highest BCUT2D eigenvalue weighted by Gasteiger charge is 2.12. The maximum Gasteiger partial charge on any atom is 0.142 e. The summed E-state index contributed by atoms with van der Waals surface area (Å²) >= 11 is 0. The van der Waals surface area contributed by atoms with Gasteiger partial charge in [0.25, 0.3) is 0 Å². The van der Waals surface area contributed by atoms with E-state index < -0.39 is 0 Å². The molecule has 2 rings (SSSR count). The van der Waals surface area contributed by atoms with Crippen molar-refractivity contribution in [3.8, 4) is 5.75 Å². The third kappa shape index (κ3) is 6.55. The van der Waals surface area contributed by atoms with Gasteiger partial charge < -0.3 is 15.8 Å². The molecule has 3 heteroatoms. The summed E-state index contributed by atoms with van der Waals surface area (Å²) in [5.74, 6) is 0.692. The molecule has 0 bridgehead atoms. The Bertz CT molecular complexity index is 877. The Morgan fingerprint density at radius 3 is 2.50 bits per heavy atom. The molecular formula is C27H36N2O. The Hall–Kier alpha value is -2.94. The quantitative estimate of drug-likeness (QED) is 0.311. The number of anilines is 1. The summed E-state index contributed by atoms with van der Waals surface area (Å²) in [5, 5.41) is 3.82. The van der Waals surface area contributed by atoms with E-state index in [2.05, 4.69) is 69.1 Å². The van der Waals surface area contributed by atoms with Crippen LogP contribution in [0.2, 0.25) is 0 Å². The number of hydrogen-bond acceptors (Lipinski definition) is 3. The van der Waals surface area contributed by atoms with Gasteiger partial charge in [0.05, 0.1) is 18.8 Å². The number of allylic oxidation sites excluding steroid dienone is 5. The van der Waals surface area contributed by atoms with Crippen LogP contribution < -0.4 is 15.8 Å². The van der Waals surface area contributed by atoms with Crippen LogP contribution in [-0.4, -0.2) is 7.11 Å². The summed E-state index contributed by atoms with van der Waals surface area (Å²) in [6, 6.07) is 16.9. The molecule has 0 aromatic heterocycles. The normalized spacial score (nSPS) is 12.2. The van der Waals surface area contributed by atoms with Crippen LogP contribution in [0.25, 0.3) is 5.57 Å². The second-order valence-electron chi connectivity index (χ2n) is 7.73. The molecule has 0 heterocycles. The molecule has 0 fully saturated rings. The topological polar surface area (TPSA) is 47.3 Å². The van der Waals surface area contributed by atoms with E-state index in [4.69, 9.17) is 10.5 Å². The molecule has 3 N–H and O–H groups in total. The highest BCUT2D eigenvalue weighted by atomic mass is 16.5. The van der Waals surface area contributed by atoms with Crippen molar-refractivity contribution >= 4 is 11.3 Å². The molecule has 160 valence electrons. The second kappa shape index (κ2) is 11.9. The van der Waals surface area contributed by atoms with Gasteiger partial charge in [0.1, 0.15) is 5.75 Å². The molecule has 2 aromatic rings. The number of rotatable bonds is 11. The van der Waals surface area contributed by atoms with Crippen molar-refractivity contribution in [1.82, 2.24) is 5.32 Å². The second-order valence-corrected chi connectivity index (χ2v) is 7.73. The zero-order chi connectivity index (χ0) is 21.9. The standard InChI is InChI=1S/C27H36N2O/c1-6-12-26(22-13-9-8-10-14-22)29-25(20(3)4)16-11-15-21(7-2)23-17-18-24(28)27(19-23)30-5/h7-10,13-15,17-19,26,29H,2,6,11-12,16,28H2,1,3-5H3/b21-15-. The van der Waals surface area contributed by atoms with Crippen LogP contribution in [0.1, 0.15) is 63.6 Å². The van der Waals surface area contributed by atoms with Gasteiger partial charge in [-0.15, -0.1) is 0 Å². The molecular weight excluding hydrogens is 368 g/mol. The van der Waals surface area contributed by atoms with Gasteiger partial charge in [0, 0.05) is 5.70 Å². The van der Waals surface area contributed by atoms with Crippen LogP contribution in [-0.2, 0) is 0 Å². The molecule has 1 unspecified atom stereocenters. The van der Waals surface area contributed by atoms with Gasteiger partial charge in [-0.2, -0.15) is 0 Å². The lowest BCUT2D eigenvalue weighted by atomic mass is 9.99. The minimum absolute atomic E-state index is 0.338. The van der Waals surface area contributed by atoms with Crippen molar-refractivity contribution in [1.29, 1.82) is 0 Å². The van der Waals surface area contributed by atoms with Crippen LogP contribution in [0, 0.1) is 0 Å². The fraction of sp³-hybridized carbons (Fsp3) is 0.333. The van der Waals surface area contributed by atoms with Crippen LogP contribution >= 0.6 is 0 Å². The molecule has 0 aliphatic heterocycles. The lowest BCUT2D eigenvalue weighted by molar-refractivity contribution is 0.417. The molecule has 0 saturated heterocycles. The number of methoxy groups -OCH3 is 1. The van der Waals surface area contributed by atoms with Gasteiger partial charge in [0.2, 0.25) is 0 Å². The first-order chi connectivity index (χ1) is 14.5. The zero-order valence-corrected chi connectivity index (χ0v) is 18.9. The molecule has 0 radical (unpaired) electrons. The number of nitrogens with two attached hydrogens (primary N) is 1. The predicted octanol–water partition coefficient (Wildman–Crippen LogP) is 7.05. The van der Waals surface area contributed by atoms with Crippen LogP contribution in [0.3, 0.4) is 0 Å². The van der Waals surface area contributed by atoms with E-state index in [0.29, 0.717) is 17.5 Å². The van der Waals surface area contributed by atoms with Crippen molar-refractivity contribution in [3.63, 3.8) is 0 Å². The van der Waals surface area contributed by atoms with Gasteiger partial charge in [-0.05, 0) is 61.9 Å². The van der Waals surface area contributed by atoms with Gasteiger partial charge >= 0.3 is 0 Å². The Kier molecular flexibility index (Phi) is 9.27. The van der Waals surface area contributed by atoms with Crippen molar-refractivity contribution in [2.75, 3.05) is 12.8 Å². The first kappa shape index (κ1) is 23.3. The average Bonchev–Trinajstić information content (AvgIpc) is 2.76. The summed E-state index contributed by atoms with van der Waals surface area (Å²) in [5.41, 5.74) is 12.7. The van der Waals surface area contributed by atoms with Crippen molar-refractivity contribution in [2.45, 2.75) is 52.5 Å². The SMILES string of the molecule is C=C/C(=C/CCC(NC(CCC)c1ccccc1)=C(C)C)c1ccc(N)c(OC)c1. The fourth-order valence-corrected chi connectivity index (χ4v) is 3.55. The van der Waals surface area contributed by atoms with Crippen LogP contribution in [0.5, 0.6) is 5.75 Å². The lowest BCUT2D eigenvalue weighted by Crippen LogP contribution is -2.21. The van der Waals surface area contributed by atoms with E-state index in [1.54, 1.807) is 7.11 Å². The number of nitrogens with one attached hydrogen (secondary N) is 1. The molecule has 1 atom stereocenters. The molecule has 0 amide bonds. The number of benzene rings is 2. The van der Waals surface area contributed by atoms with E-state index in [0.717, 1.165) is 36.8 Å². The predicted molar refractivity (Wildman–Crippen MR) is 130 cm³/mol. The van der Waals surface area contributed by atoms with Crippen molar-refractivity contribution < 1.29 is 4.74 Å². The average molecular weight is 405 g/mol. The summed E-state index contributed by atoms with van der Waals surface area (Å²) in [4.78, 5) is 0. The summed E-state index contributed by atoms with van der Waals surface area (Å²) in [6.07, 6.45) is 8.26. The first-order valence-corrected chi connectivity index (χ1v) is 10.7. The number of hydrogen-bond donors (Lipinski definition) is 2. The van der Waals surface area contributed by atoms with Crippen LogP contribution in [0.15, 0.2) is 78.5 Å². The number of ether oxygens (including phenoxy) is 1. The van der Waals surface area contributed by atoms with E-state index in [1.807, 2.05) is 24.3 Å². The van der Waals surface area contributed by atoms with Gasteiger partial charge in [-0.25, -0.2) is 0 Å². The third-order valence-electron chi connectivity index (χ3n) is 5.28. The molecule has 3 nitrogen and oxygen atoms in total. The summed E-state index contributed by atoms with van der Waals surface area (Å²) < 4.78 is 5.36. The molecule has 30 heavy (non-hydrogen) atoms. The molecule has 0 aliphatic carbocycles. The van der Waals surface area contributed by atoms with Crippen molar-refractivity contribution in [3.05, 3.63) is 89.7 Å². The third-order valence-corrected chi connectivity index (χ3v) is 5.28. The zero-order valence-electron chi connectivity index (χ0n) is 18.9. The van der Waals surface area contributed by atoms with Crippen LogP contribution in [0.4, 0.5) is 5.69 Å². The molecule has 0 spiro atoms. The fourth-order valence-electron chi connectivity index (χ4n) is 3.55. The van der Waals surface area contributed by atoms with Gasteiger partial charge in [-0.1, -0.05) is 74.0 Å².